The molecular formula is C24H32BrN. The third kappa shape index (κ3) is 3.92. The Bertz CT molecular complexity index is 626. The minimum atomic E-state index is 0. The predicted molar refractivity (Wildman–Crippen MR) is 106 cm³/mol. The van der Waals surface area contributed by atoms with Gasteiger partial charge in [-0.1, -0.05) is 60.7 Å². The summed E-state index contributed by atoms with van der Waals surface area (Å²) in [6.45, 7) is 0. The summed E-state index contributed by atoms with van der Waals surface area (Å²) >= 11 is 0. The van der Waals surface area contributed by atoms with E-state index >= 15 is 0 Å². The van der Waals surface area contributed by atoms with Crippen LogP contribution in [0, 0.1) is 5.92 Å². The van der Waals surface area contributed by atoms with E-state index in [1.807, 2.05) is 0 Å². The Morgan fingerprint density at radius 3 is 1.73 bits per heavy atom. The van der Waals surface area contributed by atoms with Crippen LogP contribution < -0.4 is 17.0 Å². The maximum atomic E-state index is 2.48. The summed E-state index contributed by atoms with van der Waals surface area (Å²) in [4.78, 5) is 0. The Morgan fingerprint density at radius 2 is 1.27 bits per heavy atom. The fourth-order valence-electron chi connectivity index (χ4n) is 5.56. The van der Waals surface area contributed by atoms with Gasteiger partial charge in [0.1, 0.15) is 0 Å². The summed E-state index contributed by atoms with van der Waals surface area (Å²) in [5.41, 5.74) is 2.97. The van der Waals surface area contributed by atoms with Crippen molar-refractivity contribution in [3.05, 3.63) is 71.8 Å². The van der Waals surface area contributed by atoms with Crippen LogP contribution in [0.5, 0.6) is 0 Å². The van der Waals surface area contributed by atoms with E-state index in [-0.39, 0.29) is 17.0 Å². The molecule has 26 heavy (non-hydrogen) atoms. The molecule has 2 aliphatic heterocycles. The first-order valence-electron chi connectivity index (χ1n) is 10.1. The van der Waals surface area contributed by atoms with Crippen molar-refractivity contribution in [2.24, 2.45) is 5.92 Å². The van der Waals surface area contributed by atoms with E-state index in [0.29, 0.717) is 5.92 Å². The SMILES string of the molecule is C[N+]1(C)[C@@H]2CCC[C@H]1CC(CC(c1ccccc1)c1ccccc1)C2.[Br-]. The number of halogens is 1. The number of benzene rings is 2. The number of hydrogen-bond donors (Lipinski definition) is 0. The van der Waals surface area contributed by atoms with Gasteiger partial charge in [0, 0.05) is 18.8 Å². The lowest BCUT2D eigenvalue weighted by Gasteiger charge is -2.53. The third-order valence-corrected chi connectivity index (χ3v) is 7.14. The van der Waals surface area contributed by atoms with Crippen molar-refractivity contribution in [1.29, 1.82) is 0 Å². The molecule has 0 radical (unpaired) electrons. The van der Waals surface area contributed by atoms with Gasteiger partial charge < -0.3 is 21.5 Å². The van der Waals surface area contributed by atoms with Crippen LogP contribution in [0.1, 0.15) is 55.6 Å². The zero-order valence-corrected chi connectivity index (χ0v) is 17.7. The number of quaternary nitrogens is 1. The highest BCUT2D eigenvalue weighted by Gasteiger charge is 2.46. The minimum absolute atomic E-state index is 0. The van der Waals surface area contributed by atoms with Crippen molar-refractivity contribution < 1.29 is 21.5 Å². The first kappa shape index (κ1) is 19.6. The van der Waals surface area contributed by atoms with Gasteiger partial charge >= 0.3 is 0 Å². The number of piperidine rings is 2. The fourth-order valence-corrected chi connectivity index (χ4v) is 5.56. The molecule has 140 valence electrons. The third-order valence-electron chi connectivity index (χ3n) is 7.14. The van der Waals surface area contributed by atoms with Crippen LogP contribution in [-0.2, 0) is 0 Å². The summed E-state index contributed by atoms with van der Waals surface area (Å²) in [6, 6.07) is 24.1. The molecule has 2 heterocycles. The van der Waals surface area contributed by atoms with Gasteiger partial charge in [-0.25, -0.2) is 0 Å². The molecule has 0 saturated carbocycles. The lowest BCUT2D eigenvalue weighted by atomic mass is 9.72. The molecular weight excluding hydrogens is 382 g/mol. The number of nitrogens with zero attached hydrogens (tertiary/aromatic N) is 1. The zero-order chi connectivity index (χ0) is 17.3. The van der Waals surface area contributed by atoms with Crippen LogP contribution in [0.4, 0.5) is 0 Å². The van der Waals surface area contributed by atoms with E-state index in [2.05, 4.69) is 74.8 Å². The molecule has 2 aliphatic rings. The first-order chi connectivity index (χ1) is 12.1. The van der Waals surface area contributed by atoms with E-state index in [0.717, 1.165) is 18.0 Å². The van der Waals surface area contributed by atoms with Gasteiger partial charge in [-0.05, 0) is 42.7 Å². The number of rotatable bonds is 4. The van der Waals surface area contributed by atoms with Gasteiger partial charge in [-0.15, -0.1) is 0 Å². The summed E-state index contributed by atoms with van der Waals surface area (Å²) in [7, 11) is 4.97. The molecule has 2 fully saturated rings. The average molecular weight is 414 g/mol. The van der Waals surface area contributed by atoms with E-state index < -0.39 is 0 Å². The first-order valence-corrected chi connectivity index (χ1v) is 10.1. The second-order valence-electron chi connectivity index (χ2n) is 8.81. The normalized spacial score (nSPS) is 27.0. The highest BCUT2D eigenvalue weighted by Crippen LogP contribution is 2.44. The van der Waals surface area contributed by atoms with Crippen LogP contribution in [0.25, 0.3) is 0 Å². The Kier molecular flexibility index (Phi) is 6.25. The van der Waals surface area contributed by atoms with Crippen molar-refractivity contribution in [1.82, 2.24) is 0 Å². The lowest BCUT2D eigenvalue weighted by molar-refractivity contribution is -0.950. The Labute approximate surface area is 169 Å². The van der Waals surface area contributed by atoms with Gasteiger partial charge in [0.05, 0.1) is 26.2 Å². The maximum Gasteiger partial charge on any atom is 0.0891 e. The lowest BCUT2D eigenvalue weighted by Crippen LogP contribution is -3.00. The zero-order valence-electron chi connectivity index (χ0n) is 16.2. The molecule has 0 aliphatic carbocycles. The molecule has 0 N–H and O–H groups in total. The van der Waals surface area contributed by atoms with Crippen LogP contribution in [0.2, 0.25) is 0 Å². The molecule has 2 bridgehead atoms. The number of hydrogen-bond acceptors (Lipinski definition) is 0. The molecule has 4 rings (SSSR count). The van der Waals surface area contributed by atoms with Crippen LogP contribution in [-0.4, -0.2) is 30.7 Å². The summed E-state index contributed by atoms with van der Waals surface area (Å²) < 4.78 is 1.28. The van der Waals surface area contributed by atoms with Gasteiger partial charge in [0.2, 0.25) is 0 Å². The van der Waals surface area contributed by atoms with Gasteiger partial charge in [-0.2, -0.15) is 0 Å². The summed E-state index contributed by atoms with van der Waals surface area (Å²) in [5.74, 6) is 1.41. The molecule has 2 aromatic carbocycles. The van der Waals surface area contributed by atoms with Crippen LogP contribution in [0.3, 0.4) is 0 Å². The fraction of sp³-hybridized carbons (Fsp3) is 0.500. The van der Waals surface area contributed by atoms with E-state index in [1.54, 1.807) is 0 Å². The molecule has 2 saturated heterocycles. The van der Waals surface area contributed by atoms with Crippen LogP contribution in [0.15, 0.2) is 60.7 Å². The molecule has 0 aromatic heterocycles. The van der Waals surface area contributed by atoms with Crippen molar-refractivity contribution in [3.63, 3.8) is 0 Å². The smallest absolute Gasteiger partial charge is 0.0891 e. The molecule has 0 spiro atoms. The molecule has 2 aromatic rings. The Hall–Kier alpha value is -1.12. The molecule has 1 unspecified atom stereocenters. The monoisotopic (exact) mass is 413 g/mol. The maximum absolute atomic E-state index is 2.48. The van der Waals surface area contributed by atoms with Crippen molar-refractivity contribution in [3.8, 4) is 0 Å². The molecule has 1 nitrogen and oxygen atoms in total. The minimum Gasteiger partial charge on any atom is -1.00 e. The highest BCUT2D eigenvalue weighted by molar-refractivity contribution is 5.32. The quantitative estimate of drug-likeness (QED) is 0.675. The largest absolute Gasteiger partial charge is 1.00 e. The summed E-state index contributed by atoms with van der Waals surface area (Å²) in [5, 5.41) is 0. The topological polar surface area (TPSA) is 0 Å². The van der Waals surface area contributed by atoms with E-state index in [1.165, 1.54) is 54.1 Å². The van der Waals surface area contributed by atoms with Crippen molar-refractivity contribution in [2.45, 2.75) is 56.5 Å². The number of fused-ring (bicyclic) bond motifs is 2. The second-order valence-corrected chi connectivity index (χ2v) is 8.81. The van der Waals surface area contributed by atoms with Crippen LogP contribution >= 0.6 is 0 Å². The van der Waals surface area contributed by atoms with Gasteiger partial charge in [0.25, 0.3) is 0 Å². The Morgan fingerprint density at radius 1 is 0.808 bits per heavy atom. The predicted octanol–water partition coefficient (Wildman–Crippen LogP) is 2.62. The average Bonchev–Trinajstić information content (AvgIpc) is 2.61. The standard InChI is InChI=1S/C24H32N.BrH/c1-25(2)22-14-9-15-23(25)17-19(16-22)18-24(20-10-5-3-6-11-20)21-12-7-4-8-13-21;/h3-8,10-13,19,22-24H,9,14-18H2,1-2H3;1H/q+1;/p-1/t19?,22-,23+;. The highest BCUT2D eigenvalue weighted by atomic mass is 79.9. The molecule has 3 atom stereocenters. The van der Waals surface area contributed by atoms with Crippen molar-refractivity contribution >= 4 is 0 Å². The van der Waals surface area contributed by atoms with E-state index in [9.17, 15) is 0 Å². The second kappa shape index (κ2) is 8.27. The Balaban J connectivity index is 0.00000196. The summed E-state index contributed by atoms with van der Waals surface area (Å²) in [6.07, 6.45) is 8.45. The van der Waals surface area contributed by atoms with Gasteiger partial charge in [0.15, 0.2) is 0 Å². The molecule has 2 heteroatoms. The van der Waals surface area contributed by atoms with E-state index in [4.69, 9.17) is 0 Å². The molecule has 0 amide bonds. The van der Waals surface area contributed by atoms with Crippen molar-refractivity contribution in [2.75, 3.05) is 14.1 Å². The van der Waals surface area contributed by atoms with Gasteiger partial charge in [-0.3, -0.25) is 0 Å².